The Labute approximate surface area is 139 Å². The number of para-hydroxylation sites is 1. The number of unbranched alkanes of at least 4 members (excludes halogenated alkanes) is 1. The Kier molecular flexibility index (Phi) is 4.64. The van der Waals surface area contributed by atoms with Crippen molar-refractivity contribution in [2.24, 2.45) is 0 Å². The third-order valence-corrected chi connectivity index (χ3v) is 4.17. The smallest absolute Gasteiger partial charge is 0.297 e. The number of furan rings is 1. The summed E-state index contributed by atoms with van der Waals surface area (Å²) in [7, 11) is 0. The van der Waals surface area contributed by atoms with Crippen LogP contribution in [0, 0.1) is 0 Å². The van der Waals surface area contributed by atoms with E-state index < -0.39 is 0 Å². The Balaban J connectivity index is 1.93. The van der Waals surface area contributed by atoms with Crippen molar-refractivity contribution in [3.05, 3.63) is 40.9 Å². The van der Waals surface area contributed by atoms with Gasteiger partial charge in [-0.05, 0) is 25.5 Å². The van der Waals surface area contributed by atoms with Crippen molar-refractivity contribution in [1.29, 1.82) is 0 Å². The lowest BCUT2D eigenvalue weighted by molar-refractivity contribution is -0.131. The van der Waals surface area contributed by atoms with Crippen molar-refractivity contribution in [1.82, 2.24) is 14.5 Å². The van der Waals surface area contributed by atoms with Gasteiger partial charge in [-0.3, -0.25) is 14.2 Å². The molecule has 6 nitrogen and oxygen atoms in total. The van der Waals surface area contributed by atoms with Crippen LogP contribution in [-0.2, 0) is 11.3 Å². The van der Waals surface area contributed by atoms with Crippen LogP contribution >= 0.6 is 0 Å². The van der Waals surface area contributed by atoms with Gasteiger partial charge in [-0.25, -0.2) is 4.98 Å². The maximum Gasteiger partial charge on any atom is 0.297 e. The molecule has 2 aromatic heterocycles. The number of aromatic nitrogens is 2. The van der Waals surface area contributed by atoms with Gasteiger partial charge in [0.15, 0.2) is 0 Å². The maximum atomic E-state index is 12.6. The van der Waals surface area contributed by atoms with Crippen LogP contribution in [0.3, 0.4) is 0 Å². The monoisotopic (exact) mass is 327 g/mol. The number of benzene rings is 1. The molecule has 0 atom stereocenters. The third kappa shape index (κ3) is 2.91. The van der Waals surface area contributed by atoms with Crippen molar-refractivity contribution in [3.8, 4) is 0 Å². The summed E-state index contributed by atoms with van der Waals surface area (Å²) in [5.74, 6) is -0.0784. The lowest BCUT2D eigenvalue weighted by Gasteiger charge is -2.20. The van der Waals surface area contributed by atoms with Crippen molar-refractivity contribution >= 4 is 28.0 Å². The molecule has 0 bridgehead atoms. The van der Waals surface area contributed by atoms with E-state index in [9.17, 15) is 9.59 Å². The molecule has 0 aliphatic carbocycles. The number of amides is 1. The van der Waals surface area contributed by atoms with Gasteiger partial charge in [0, 0.05) is 18.5 Å². The molecule has 24 heavy (non-hydrogen) atoms. The molecule has 0 saturated heterocycles. The summed E-state index contributed by atoms with van der Waals surface area (Å²) in [4.78, 5) is 31.1. The molecular formula is C18H21N3O3. The van der Waals surface area contributed by atoms with E-state index in [1.54, 1.807) is 11.0 Å². The summed E-state index contributed by atoms with van der Waals surface area (Å²) in [6.45, 7) is 5.35. The highest BCUT2D eigenvalue weighted by Crippen LogP contribution is 2.23. The van der Waals surface area contributed by atoms with Gasteiger partial charge in [-0.15, -0.1) is 0 Å². The first-order valence-electron chi connectivity index (χ1n) is 8.30. The number of hydrogen-bond acceptors (Lipinski definition) is 4. The summed E-state index contributed by atoms with van der Waals surface area (Å²) >= 11 is 0. The van der Waals surface area contributed by atoms with Gasteiger partial charge in [0.1, 0.15) is 17.6 Å². The minimum Gasteiger partial charge on any atom is -0.448 e. The molecule has 0 unspecified atom stereocenters. The Morgan fingerprint density at radius 3 is 2.83 bits per heavy atom. The minimum atomic E-state index is -0.323. The standard InChI is InChI=1S/C18H21N3O3/c1-3-5-10-20(4-2)15(22)11-21-12-19-16-13-8-6-7-9-14(13)24-17(16)18(21)23/h6-9,12H,3-5,10-11H2,1-2H3. The van der Waals surface area contributed by atoms with Crippen LogP contribution in [0.4, 0.5) is 0 Å². The van der Waals surface area contributed by atoms with Gasteiger partial charge < -0.3 is 9.32 Å². The summed E-state index contributed by atoms with van der Waals surface area (Å²) in [5, 5.41) is 0.807. The molecule has 0 aliphatic heterocycles. The molecular weight excluding hydrogens is 306 g/mol. The Bertz CT molecular complexity index is 926. The fraction of sp³-hybridized carbons (Fsp3) is 0.389. The number of likely N-dealkylation sites (N-methyl/N-ethyl adjacent to an activating group) is 1. The highest BCUT2D eigenvalue weighted by atomic mass is 16.3. The molecule has 0 aliphatic rings. The molecule has 3 rings (SSSR count). The van der Waals surface area contributed by atoms with Crippen molar-refractivity contribution in [2.45, 2.75) is 33.2 Å². The van der Waals surface area contributed by atoms with Gasteiger partial charge in [-0.1, -0.05) is 25.5 Å². The quantitative estimate of drug-likeness (QED) is 0.698. The molecule has 0 saturated carbocycles. The van der Waals surface area contributed by atoms with Crippen LogP contribution in [0.15, 0.2) is 39.8 Å². The number of fused-ring (bicyclic) bond motifs is 3. The van der Waals surface area contributed by atoms with Gasteiger partial charge in [0.2, 0.25) is 11.5 Å². The zero-order valence-electron chi connectivity index (χ0n) is 14.0. The van der Waals surface area contributed by atoms with E-state index in [-0.39, 0.29) is 23.6 Å². The first-order chi connectivity index (χ1) is 11.7. The fourth-order valence-corrected chi connectivity index (χ4v) is 2.78. The maximum absolute atomic E-state index is 12.6. The van der Waals surface area contributed by atoms with E-state index in [0.29, 0.717) is 24.2 Å². The van der Waals surface area contributed by atoms with Crippen molar-refractivity contribution < 1.29 is 9.21 Å². The fourth-order valence-electron chi connectivity index (χ4n) is 2.78. The largest absolute Gasteiger partial charge is 0.448 e. The number of hydrogen-bond donors (Lipinski definition) is 0. The molecule has 0 fully saturated rings. The van der Waals surface area contributed by atoms with Gasteiger partial charge in [0.05, 0.1) is 6.33 Å². The Hall–Kier alpha value is -2.63. The van der Waals surface area contributed by atoms with Crippen LogP contribution in [0.1, 0.15) is 26.7 Å². The number of carbonyl (C=O) groups excluding carboxylic acids is 1. The first-order valence-corrected chi connectivity index (χ1v) is 8.30. The van der Waals surface area contributed by atoms with E-state index in [1.807, 2.05) is 25.1 Å². The Morgan fingerprint density at radius 1 is 1.29 bits per heavy atom. The second-order valence-corrected chi connectivity index (χ2v) is 5.78. The number of carbonyl (C=O) groups is 1. The highest BCUT2D eigenvalue weighted by Gasteiger charge is 2.16. The average Bonchev–Trinajstić information content (AvgIpc) is 2.97. The summed E-state index contributed by atoms with van der Waals surface area (Å²) in [6, 6.07) is 7.39. The predicted molar refractivity (Wildman–Crippen MR) is 92.9 cm³/mol. The molecule has 0 N–H and O–H groups in total. The second-order valence-electron chi connectivity index (χ2n) is 5.78. The molecule has 1 amide bonds. The van der Waals surface area contributed by atoms with Crippen LogP contribution in [0.5, 0.6) is 0 Å². The topological polar surface area (TPSA) is 68.3 Å². The van der Waals surface area contributed by atoms with Gasteiger partial charge >= 0.3 is 0 Å². The zero-order valence-corrected chi connectivity index (χ0v) is 14.0. The van der Waals surface area contributed by atoms with E-state index in [0.717, 1.165) is 18.2 Å². The Morgan fingerprint density at radius 2 is 2.08 bits per heavy atom. The SMILES string of the molecule is CCCCN(CC)C(=O)Cn1cnc2c(oc3ccccc32)c1=O. The third-order valence-electron chi connectivity index (χ3n) is 4.17. The van der Waals surface area contributed by atoms with Crippen LogP contribution < -0.4 is 5.56 Å². The van der Waals surface area contributed by atoms with Gasteiger partial charge in [-0.2, -0.15) is 0 Å². The molecule has 1 aromatic carbocycles. The van der Waals surface area contributed by atoms with Crippen molar-refractivity contribution in [2.75, 3.05) is 13.1 Å². The number of nitrogens with zero attached hydrogens (tertiary/aromatic N) is 3. The minimum absolute atomic E-state index is 0.0175. The van der Waals surface area contributed by atoms with E-state index in [1.165, 1.54) is 10.9 Å². The summed E-state index contributed by atoms with van der Waals surface area (Å²) in [6.07, 6.45) is 3.41. The van der Waals surface area contributed by atoms with Gasteiger partial charge in [0.25, 0.3) is 5.56 Å². The van der Waals surface area contributed by atoms with Crippen molar-refractivity contribution in [3.63, 3.8) is 0 Å². The molecule has 0 spiro atoms. The van der Waals surface area contributed by atoms with Crippen LogP contribution in [0.2, 0.25) is 0 Å². The second kappa shape index (κ2) is 6.86. The normalized spacial score (nSPS) is 11.2. The van der Waals surface area contributed by atoms with E-state index in [2.05, 4.69) is 11.9 Å². The average molecular weight is 327 g/mol. The van der Waals surface area contributed by atoms with Crippen LogP contribution in [0.25, 0.3) is 22.1 Å². The van der Waals surface area contributed by atoms with E-state index in [4.69, 9.17) is 4.42 Å². The first kappa shape index (κ1) is 16.2. The summed E-state index contributed by atoms with van der Waals surface area (Å²) < 4.78 is 6.96. The molecule has 0 radical (unpaired) electrons. The van der Waals surface area contributed by atoms with E-state index >= 15 is 0 Å². The predicted octanol–water partition coefficient (Wildman–Crippen LogP) is 2.79. The summed E-state index contributed by atoms with van der Waals surface area (Å²) in [5.41, 5.74) is 1.04. The highest BCUT2D eigenvalue weighted by molar-refractivity contribution is 6.01. The lowest BCUT2D eigenvalue weighted by atomic mass is 10.2. The lowest BCUT2D eigenvalue weighted by Crippen LogP contribution is -2.37. The number of rotatable bonds is 6. The molecule has 2 heterocycles. The molecule has 126 valence electrons. The molecule has 3 aromatic rings. The zero-order chi connectivity index (χ0) is 17.1. The van der Waals surface area contributed by atoms with Crippen LogP contribution in [-0.4, -0.2) is 33.4 Å². The molecule has 6 heteroatoms.